The zero-order chi connectivity index (χ0) is 18.4. The van der Waals surface area contributed by atoms with Crippen LogP contribution >= 0.6 is 0 Å². The van der Waals surface area contributed by atoms with E-state index in [0.717, 1.165) is 25.2 Å². The molecule has 26 heavy (non-hydrogen) atoms. The summed E-state index contributed by atoms with van der Waals surface area (Å²) in [7, 11) is 4.09. The zero-order valence-electron chi connectivity index (χ0n) is 15.1. The summed E-state index contributed by atoms with van der Waals surface area (Å²) >= 11 is 0. The van der Waals surface area contributed by atoms with Crippen molar-refractivity contribution < 1.29 is 14.3 Å². The van der Waals surface area contributed by atoms with E-state index in [1.165, 1.54) is 0 Å². The number of carbonyl (C=O) groups is 1. The Kier molecular flexibility index (Phi) is 5.91. The van der Waals surface area contributed by atoms with Crippen LogP contribution < -0.4 is 20.1 Å². The number of hydrogen-bond donors (Lipinski definition) is 2. The molecule has 0 radical (unpaired) electrons. The molecule has 1 amide bonds. The van der Waals surface area contributed by atoms with Crippen molar-refractivity contribution in [1.82, 2.24) is 9.88 Å². The number of amides is 1. The number of nitrogens with zero attached hydrogens (tertiary/aromatic N) is 2. The van der Waals surface area contributed by atoms with E-state index in [1.807, 2.05) is 14.1 Å². The molecule has 1 aliphatic rings. The fraction of sp³-hybridized carbons (Fsp3) is 0.368. The quantitative estimate of drug-likeness (QED) is 0.743. The molecule has 1 aliphatic heterocycles. The van der Waals surface area contributed by atoms with Gasteiger partial charge in [-0.3, -0.25) is 9.78 Å². The molecule has 0 bridgehead atoms. The maximum absolute atomic E-state index is 12.5. The average molecular weight is 356 g/mol. The van der Waals surface area contributed by atoms with Crippen molar-refractivity contribution in [2.75, 3.05) is 51.0 Å². The summed E-state index contributed by atoms with van der Waals surface area (Å²) in [4.78, 5) is 18.8. The summed E-state index contributed by atoms with van der Waals surface area (Å²) in [5.74, 6) is 1.12. The van der Waals surface area contributed by atoms with Gasteiger partial charge in [-0.15, -0.1) is 0 Å². The van der Waals surface area contributed by atoms with E-state index >= 15 is 0 Å². The van der Waals surface area contributed by atoms with Crippen LogP contribution in [0.5, 0.6) is 11.5 Å². The number of carbonyl (C=O) groups excluding carboxylic acids is 1. The van der Waals surface area contributed by atoms with Crippen LogP contribution in [-0.2, 0) is 0 Å². The molecule has 138 valence electrons. The molecule has 0 saturated heterocycles. The van der Waals surface area contributed by atoms with Gasteiger partial charge >= 0.3 is 0 Å². The molecular weight excluding hydrogens is 332 g/mol. The predicted octanol–water partition coefficient (Wildman–Crippen LogP) is 2.47. The summed E-state index contributed by atoms with van der Waals surface area (Å²) in [6.07, 6.45) is 4.29. The van der Waals surface area contributed by atoms with E-state index in [-0.39, 0.29) is 5.91 Å². The van der Waals surface area contributed by atoms with Gasteiger partial charge in [0.25, 0.3) is 5.91 Å². The Labute approximate surface area is 153 Å². The van der Waals surface area contributed by atoms with E-state index < -0.39 is 0 Å². The Balaban J connectivity index is 1.60. The molecule has 3 rings (SSSR count). The Bertz CT molecular complexity index is 764. The number of benzene rings is 1. The highest BCUT2D eigenvalue weighted by molar-refractivity contribution is 6.04. The number of anilines is 2. The van der Waals surface area contributed by atoms with E-state index in [1.54, 1.807) is 36.7 Å². The van der Waals surface area contributed by atoms with Crippen LogP contribution in [0, 0.1) is 0 Å². The molecule has 7 heteroatoms. The standard InChI is InChI=1S/C19H24N4O3/c1-23(2)7-3-6-21-16-10-14(12-20-13-16)19(24)22-15-4-5-17-18(11-15)26-9-8-25-17/h4-5,10-13,21H,3,6-9H2,1-2H3,(H,22,24). The third-order valence-corrected chi connectivity index (χ3v) is 3.91. The molecule has 0 spiro atoms. The average Bonchev–Trinajstić information content (AvgIpc) is 2.65. The van der Waals surface area contributed by atoms with E-state index in [2.05, 4.69) is 20.5 Å². The van der Waals surface area contributed by atoms with Crippen molar-refractivity contribution in [1.29, 1.82) is 0 Å². The Morgan fingerprint density at radius 2 is 1.92 bits per heavy atom. The minimum absolute atomic E-state index is 0.217. The predicted molar refractivity (Wildman–Crippen MR) is 101 cm³/mol. The molecule has 7 nitrogen and oxygen atoms in total. The van der Waals surface area contributed by atoms with Gasteiger partial charge < -0.3 is 25.0 Å². The van der Waals surface area contributed by atoms with Gasteiger partial charge in [-0.05, 0) is 45.3 Å². The number of rotatable bonds is 7. The van der Waals surface area contributed by atoms with Gasteiger partial charge in [0.15, 0.2) is 11.5 Å². The third-order valence-electron chi connectivity index (χ3n) is 3.91. The maximum atomic E-state index is 12.5. The lowest BCUT2D eigenvalue weighted by atomic mass is 10.2. The van der Waals surface area contributed by atoms with Gasteiger partial charge in [0, 0.05) is 30.7 Å². The molecule has 0 fully saturated rings. The molecule has 0 aliphatic carbocycles. The van der Waals surface area contributed by atoms with Crippen LogP contribution in [0.15, 0.2) is 36.7 Å². The molecule has 1 aromatic carbocycles. The number of pyridine rings is 1. The summed E-state index contributed by atoms with van der Waals surface area (Å²) in [6, 6.07) is 7.16. The lowest BCUT2D eigenvalue weighted by molar-refractivity contribution is 0.102. The first kappa shape index (κ1) is 18.0. The van der Waals surface area contributed by atoms with Crippen LogP contribution in [0.25, 0.3) is 0 Å². The topological polar surface area (TPSA) is 75.7 Å². The first-order chi connectivity index (χ1) is 12.6. The first-order valence-electron chi connectivity index (χ1n) is 8.66. The van der Waals surface area contributed by atoms with Crippen molar-refractivity contribution in [3.05, 3.63) is 42.2 Å². The lowest BCUT2D eigenvalue weighted by Crippen LogP contribution is -2.17. The van der Waals surface area contributed by atoms with E-state index in [0.29, 0.717) is 36.0 Å². The fourth-order valence-corrected chi connectivity index (χ4v) is 2.61. The first-order valence-corrected chi connectivity index (χ1v) is 8.66. The molecular formula is C19H24N4O3. The summed E-state index contributed by atoms with van der Waals surface area (Å²) in [6.45, 7) is 2.88. The third kappa shape index (κ3) is 4.86. The smallest absolute Gasteiger partial charge is 0.257 e. The number of ether oxygens (including phenoxy) is 2. The highest BCUT2D eigenvalue weighted by atomic mass is 16.6. The maximum Gasteiger partial charge on any atom is 0.257 e. The highest BCUT2D eigenvalue weighted by Crippen LogP contribution is 2.32. The molecule has 0 atom stereocenters. The summed E-state index contributed by atoms with van der Waals surface area (Å²) in [5, 5.41) is 6.16. The van der Waals surface area contributed by atoms with Gasteiger partial charge in [0.1, 0.15) is 13.2 Å². The van der Waals surface area contributed by atoms with E-state index in [9.17, 15) is 4.79 Å². The van der Waals surface area contributed by atoms with Crippen LogP contribution in [-0.4, -0.2) is 56.2 Å². The van der Waals surface area contributed by atoms with Crippen molar-refractivity contribution in [3.8, 4) is 11.5 Å². The largest absolute Gasteiger partial charge is 0.486 e. The van der Waals surface area contributed by atoms with Crippen LogP contribution in [0.2, 0.25) is 0 Å². The number of aromatic nitrogens is 1. The van der Waals surface area contributed by atoms with Crippen LogP contribution in [0.1, 0.15) is 16.8 Å². The van der Waals surface area contributed by atoms with Gasteiger partial charge in [0.05, 0.1) is 11.3 Å². The number of nitrogens with one attached hydrogen (secondary N) is 2. The molecule has 1 aromatic heterocycles. The Morgan fingerprint density at radius 1 is 1.12 bits per heavy atom. The monoisotopic (exact) mass is 356 g/mol. The minimum Gasteiger partial charge on any atom is -0.486 e. The zero-order valence-corrected chi connectivity index (χ0v) is 15.1. The van der Waals surface area contributed by atoms with Crippen LogP contribution in [0.4, 0.5) is 11.4 Å². The second kappa shape index (κ2) is 8.53. The lowest BCUT2D eigenvalue weighted by Gasteiger charge is -2.19. The van der Waals surface area contributed by atoms with Crippen molar-refractivity contribution in [2.45, 2.75) is 6.42 Å². The fourth-order valence-electron chi connectivity index (χ4n) is 2.61. The van der Waals surface area contributed by atoms with Gasteiger partial charge in [-0.2, -0.15) is 0 Å². The van der Waals surface area contributed by atoms with Crippen molar-refractivity contribution >= 4 is 17.3 Å². The number of hydrogen-bond acceptors (Lipinski definition) is 6. The van der Waals surface area contributed by atoms with Gasteiger partial charge in [0.2, 0.25) is 0 Å². The highest BCUT2D eigenvalue weighted by Gasteiger charge is 2.13. The van der Waals surface area contributed by atoms with Gasteiger partial charge in [-0.1, -0.05) is 0 Å². The molecule has 0 unspecified atom stereocenters. The van der Waals surface area contributed by atoms with E-state index in [4.69, 9.17) is 9.47 Å². The van der Waals surface area contributed by atoms with Crippen molar-refractivity contribution in [3.63, 3.8) is 0 Å². The Hall–Kier alpha value is -2.80. The SMILES string of the molecule is CN(C)CCCNc1cncc(C(=O)Nc2ccc3c(c2)OCCO3)c1. The molecule has 0 saturated carbocycles. The Morgan fingerprint density at radius 3 is 2.73 bits per heavy atom. The molecule has 2 N–H and O–H groups in total. The van der Waals surface area contributed by atoms with Crippen molar-refractivity contribution in [2.24, 2.45) is 0 Å². The summed E-state index contributed by atoms with van der Waals surface area (Å²) < 4.78 is 11.0. The van der Waals surface area contributed by atoms with Crippen LogP contribution in [0.3, 0.4) is 0 Å². The van der Waals surface area contributed by atoms with Gasteiger partial charge in [-0.25, -0.2) is 0 Å². The normalized spacial score (nSPS) is 12.7. The minimum atomic E-state index is -0.217. The molecule has 2 aromatic rings. The number of fused-ring (bicyclic) bond motifs is 1. The summed E-state index contributed by atoms with van der Waals surface area (Å²) in [5.41, 5.74) is 1.99. The second-order valence-corrected chi connectivity index (χ2v) is 6.36. The molecule has 2 heterocycles. The second-order valence-electron chi connectivity index (χ2n) is 6.36.